The summed E-state index contributed by atoms with van der Waals surface area (Å²) in [7, 11) is 0. The molecule has 3 nitrogen and oxygen atoms in total. The average Bonchev–Trinajstić information content (AvgIpc) is 3.26. The molecule has 0 aliphatic rings. The van der Waals surface area contributed by atoms with E-state index in [1.165, 1.54) is 5.57 Å². The molecule has 1 aromatic heterocycles. The van der Waals surface area contributed by atoms with Gasteiger partial charge < -0.3 is 5.32 Å². The highest BCUT2D eigenvalue weighted by Crippen LogP contribution is 2.30. The summed E-state index contributed by atoms with van der Waals surface area (Å²) in [5.74, 6) is -1.62. The molecule has 0 spiro atoms. The van der Waals surface area contributed by atoms with Gasteiger partial charge in [-0.3, -0.25) is 0 Å². The van der Waals surface area contributed by atoms with Crippen LogP contribution in [0, 0.1) is 5.92 Å². The molecular weight excluding hydrogens is 440 g/mol. The average molecular weight is 478 g/mol. The summed E-state index contributed by atoms with van der Waals surface area (Å²) >= 11 is 0. The summed E-state index contributed by atoms with van der Waals surface area (Å²) in [6.45, 7) is 13.7. The fourth-order valence-corrected chi connectivity index (χ4v) is 4.18. The lowest BCUT2D eigenvalue weighted by Crippen LogP contribution is -2.11. The van der Waals surface area contributed by atoms with Gasteiger partial charge >= 0.3 is 0 Å². The third-order valence-corrected chi connectivity index (χ3v) is 6.32. The number of nitrogens with zero attached hydrogens (tertiary/aromatic N) is 2. The standard InChI is InChI=1S/C30H37F2N3/c1-6-22(3)19-25(7-2)23(4)33-29-21-28(35(34-29)27-16-9-8-10-17-27)26-15-11-13-24(20-26)14-12-18-30(5,31)32/h8-11,13,15-17,20-21,25H,3-4,6-7,12,14,18-19H2,1-2,5H3,(H,33,34)/t25-/m1/s1. The zero-order valence-electron chi connectivity index (χ0n) is 21.2. The van der Waals surface area contributed by atoms with E-state index < -0.39 is 5.92 Å². The van der Waals surface area contributed by atoms with E-state index in [0.29, 0.717) is 12.8 Å². The summed E-state index contributed by atoms with van der Waals surface area (Å²) < 4.78 is 28.4. The van der Waals surface area contributed by atoms with E-state index in [2.05, 4.69) is 38.4 Å². The SMILES string of the molecule is C=C(CC)C[C@@H](CC)C(=C)Nc1cc(-c2cccc(CCCC(C)(F)F)c2)n(-c2ccccc2)n1. The van der Waals surface area contributed by atoms with Crippen LogP contribution >= 0.6 is 0 Å². The highest BCUT2D eigenvalue weighted by molar-refractivity contribution is 5.67. The first-order valence-electron chi connectivity index (χ1n) is 12.4. The quantitative estimate of drug-likeness (QED) is 0.249. The van der Waals surface area contributed by atoms with Crippen LogP contribution in [0.5, 0.6) is 0 Å². The number of para-hydroxylation sites is 1. The van der Waals surface area contributed by atoms with E-state index in [0.717, 1.165) is 60.2 Å². The van der Waals surface area contributed by atoms with Gasteiger partial charge in [-0.05, 0) is 62.8 Å². The van der Waals surface area contributed by atoms with Crippen molar-refractivity contribution in [2.45, 2.75) is 65.2 Å². The first-order valence-corrected chi connectivity index (χ1v) is 12.4. The monoisotopic (exact) mass is 477 g/mol. The van der Waals surface area contributed by atoms with Gasteiger partial charge in [0, 0.05) is 29.7 Å². The van der Waals surface area contributed by atoms with Crippen molar-refractivity contribution in [1.29, 1.82) is 0 Å². The number of hydrogen-bond acceptors (Lipinski definition) is 2. The Kier molecular flexibility index (Phi) is 9.02. The summed E-state index contributed by atoms with van der Waals surface area (Å²) in [4.78, 5) is 0. The summed E-state index contributed by atoms with van der Waals surface area (Å²) in [5.41, 5.74) is 6.06. The van der Waals surface area contributed by atoms with Crippen LogP contribution in [0.3, 0.4) is 0 Å². The van der Waals surface area contributed by atoms with Crippen molar-refractivity contribution in [2.24, 2.45) is 5.92 Å². The third kappa shape index (κ3) is 7.64. The highest BCUT2D eigenvalue weighted by atomic mass is 19.3. The predicted molar refractivity (Wildman–Crippen MR) is 143 cm³/mol. The Labute approximate surface area is 208 Å². The molecule has 0 fully saturated rings. The van der Waals surface area contributed by atoms with Crippen LogP contribution in [0.25, 0.3) is 16.9 Å². The fraction of sp³-hybridized carbons (Fsp3) is 0.367. The van der Waals surface area contributed by atoms with Gasteiger partial charge in [0.25, 0.3) is 0 Å². The number of aromatic nitrogens is 2. The zero-order valence-corrected chi connectivity index (χ0v) is 21.2. The van der Waals surface area contributed by atoms with Crippen molar-refractivity contribution in [2.75, 3.05) is 5.32 Å². The van der Waals surface area contributed by atoms with Crippen molar-refractivity contribution < 1.29 is 8.78 Å². The minimum absolute atomic E-state index is 0.113. The number of alkyl halides is 2. The van der Waals surface area contributed by atoms with Gasteiger partial charge in [-0.1, -0.05) is 69.0 Å². The number of aryl methyl sites for hydroxylation is 1. The Balaban J connectivity index is 1.89. The maximum absolute atomic E-state index is 13.3. The molecule has 0 amide bonds. The molecule has 0 saturated carbocycles. The van der Waals surface area contributed by atoms with Crippen LogP contribution in [0.1, 0.15) is 58.4 Å². The van der Waals surface area contributed by atoms with Gasteiger partial charge in [-0.15, -0.1) is 5.10 Å². The number of allylic oxidation sites excluding steroid dienone is 2. The molecule has 2 aromatic carbocycles. The zero-order chi connectivity index (χ0) is 25.4. The van der Waals surface area contributed by atoms with Gasteiger partial charge in [-0.2, -0.15) is 0 Å². The Hall–Kier alpha value is -3.21. The van der Waals surface area contributed by atoms with Gasteiger partial charge in [-0.25, -0.2) is 13.5 Å². The molecule has 5 heteroatoms. The van der Waals surface area contributed by atoms with Crippen molar-refractivity contribution in [3.8, 4) is 16.9 Å². The minimum Gasteiger partial charge on any atom is -0.343 e. The van der Waals surface area contributed by atoms with E-state index >= 15 is 0 Å². The normalized spacial score (nSPS) is 12.4. The molecule has 0 radical (unpaired) electrons. The first kappa shape index (κ1) is 26.4. The Morgan fingerprint density at radius 2 is 1.80 bits per heavy atom. The van der Waals surface area contributed by atoms with Crippen LogP contribution in [-0.4, -0.2) is 15.7 Å². The van der Waals surface area contributed by atoms with E-state index in [9.17, 15) is 8.78 Å². The second-order valence-electron chi connectivity index (χ2n) is 9.35. The summed E-state index contributed by atoms with van der Waals surface area (Å²) in [6, 6.07) is 20.1. The van der Waals surface area contributed by atoms with Crippen molar-refractivity contribution in [3.05, 3.63) is 90.7 Å². The predicted octanol–water partition coefficient (Wildman–Crippen LogP) is 8.83. The van der Waals surface area contributed by atoms with E-state index in [1.54, 1.807) is 0 Å². The van der Waals surface area contributed by atoms with Crippen LogP contribution < -0.4 is 5.32 Å². The Bertz CT molecular complexity index is 1130. The molecule has 0 bridgehead atoms. The van der Waals surface area contributed by atoms with Crippen molar-refractivity contribution in [3.63, 3.8) is 0 Å². The molecule has 3 aromatic rings. The van der Waals surface area contributed by atoms with Gasteiger partial charge in [0.15, 0.2) is 5.82 Å². The lowest BCUT2D eigenvalue weighted by molar-refractivity contribution is 0.0111. The van der Waals surface area contributed by atoms with Gasteiger partial charge in [0.2, 0.25) is 5.92 Å². The molecule has 0 aliphatic carbocycles. The van der Waals surface area contributed by atoms with E-state index in [1.807, 2.05) is 59.3 Å². The summed E-state index contributed by atoms with van der Waals surface area (Å²) in [6.07, 6.45) is 3.78. The molecular formula is C30H37F2N3. The molecule has 3 rings (SSSR count). The van der Waals surface area contributed by atoms with E-state index in [-0.39, 0.29) is 12.3 Å². The largest absolute Gasteiger partial charge is 0.343 e. The maximum atomic E-state index is 13.3. The maximum Gasteiger partial charge on any atom is 0.245 e. The van der Waals surface area contributed by atoms with Crippen molar-refractivity contribution >= 4 is 5.82 Å². The molecule has 0 aliphatic heterocycles. The highest BCUT2D eigenvalue weighted by Gasteiger charge is 2.20. The van der Waals surface area contributed by atoms with Crippen LogP contribution in [-0.2, 0) is 6.42 Å². The molecule has 35 heavy (non-hydrogen) atoms. The van der Waals surface area contributed by atoms with Crippen molar-refractivity contribution in [1.82, 2.24) is 9.78 Å². The summed E-state index contributed by atoms with van der Waals surface area (Å²) in [5, 5.41) is 8.30. The Morgan fingerprint density at radius 1 is 1.06 bits per heavy atom. The number of rotatable bonds is 13. The number of anilines is 1. The van der Waals surface area contributed by atoms with Crippen LogP contribution in [0.2, 0.25) is 0 Å². The smallest absolute Gasteiger partial charge is 0.245 e. The molecule has 1 heterocycles. The molecule has 186 valence electrons. The van der Waals surface area contributed by atoms with E-state index in [4.69, 9.17) is 5.10 Å². The molecule has 1 atom stereocenters. The molecule has 0 unspecified atom stereocenters. The van der Waals surface area contributed by atoms with Gasteiger partial charge in [0.1, 0.15) is 0 Å². The fourth-order valence-electron chi connectivity index (χ4n) is 4.18. The van der Waals surface area contributed by atoms with Crippen LogP contribution in [0.15, 0.2) is 85.1 Å². The number of halogens is 2. The first-order chi connectivity index (χ1) is 16.7. The topological polar surface area (TPSA) is 29.9 Å². The number of nitrogens with one attached hydrogen (secondary N) is 1. The second kappa shape index (κ2) is 12.0. The molecule has 1 N–H and O–H groups in total. The number of hydrogen-bond donors (Lipinski definition) is 1. The lowest BCUT2D eigenvalue weighted by atomic mass is 9.94. The third-order valence-electron chi connectivity index (χ3n) is 6.32. The number of benzene rings is 2. The van der Waals surface area contributed by atoms with Crippen LogP contribution in [0.4, 0.5) is 14.6 Å². The second-order valence-corrected chi connectivity index (χ2v) is 9.35. The Morgan fingerprint density at radius 3 is 2.46 bits per heavy atom. The van der Waals surface area contributed by atoms with Gasteiger partial charge in [0.05, 0.1) is 11.4 Å². The molecule has 0 saturated heterocycles. The minimum atomic E-state index is -2.63. The lowest BCUT2D eigenvalue weighted by Gasteiger charge is -2.19.